The lowest BCUT2D eigenvalue weighted by molar-refractivity contribution is -0.112. The number of aromatic nitrogens is 1. The van der Waals surface area contributed by atoms with Crippen LogP contribution in [-0.2, 0) is 4.79 Å². The minimum atomic E-state index is -1.07. The van der Waals surface area contributed by atoms with Crippen molar-refractivity contribution in [3.63, 3.8) is 0 Å². The molecule has 0 atom stereocenters. The summed E-state index contributed by atoms with van der Waals surface area (Å²) in [6.07, 6.45) is 1.62. The quantitative estimate of drug-likeness (QED) is 0.246. The van der Waals surface area contributed by atoms with Crippen LogP contribution in [-0.4, -0.2) is 38.5 Å². The molecule has 0 unspecified atom stereocenters. The predicted octanol–water partition coefficient (Wildman–Crippen LogP) is 5.05. The average molecular weight is 512 g/mol. The van der Waals surface area contributed by atoms with E-state index in [-0.39, 0.29) is 22.7 Å². The number of carbonyl (C=O) groups is 2. The molecule has 0 aliphatic carbocycles. The number of phenolic OH excluding ortho intramolecular Hbond substituents is 1. The Bertz CT molecular complexity index is 1590. The summed E-state index contributed by atoms with van der Waals surface area (Å²) in [4.78, 5) is 29.1. The molecule has 0 saturated carbocycles. The smallest absolute Gasteiger partial charge is 0.335 e. The number of thiazole rings is 1. The Labute approximate surface area is 216 Å². The average Bonchev–Trinajstić information content (AvgIpc) is 3.53. The topological polar surface area (TPSA) is 127 Å². The van der Waals surface area contributed by atoms with Crippen molar-refractivity contribution in [3.05, 3.63) is 93.9 Å². The van der Waals surface area contributed by atoms with Crippen molar-refractivity contribution >= 4 is 46.0 Å². The van der Waals surface area contributed by atoms with Crippen LogP contribution in [0.1, 0.15) is 26.5 Å². The van der Waals surface area contributed by atoms with E-state index < -0.39 is 11.9 Å². The van der Waals surface area contributed by atoms with Crippen LogP contribution < -0.4 is 10.4 Å². The standard InChI is InChI=1S/C27H21N5O4S/c1-15-9-10-19(13-16(15)2)32-26(34)23(22(31-32)25-28-11-12-37-25)30-29-21-8-4-7-20(24(21)33)17-5-3-6-18(14-17)27(35)36/h3-14,29,33H,1-2H3,(H,35,36)/b30-23-. The first kappa shape index (κ1) is 23.9. The van der Waals surface area contributed by atoms with Crippen molar-refractivity contribution in [1.29, 1.82) is 0 Å². The van der Waals surface area contributed by atoms with Crippen LogP contribution >= 0.6 is 11.3 Å². The number of carboxylic acids is 1. The third-order valence-corrected chi connectivity index (χ3v) is 6.71. The highest BCUT2D eigenvalue weighted by Crippen LogP contribution is 2.36. The van der Waals surface area contributed by atoms with Gasteiger partial charge in [0.1, 0.15) is 10.8 Å². The van der Waals surface area contributed by atoms with Crippen molar-refractivity contribution < 1.29 is 19.8 Å². The number of anilines is 2. The molecule has 0 bridgehead atoms. The molecule has 1 aliphatic rings. The summed E-state index contributed by atoms with van der Waals surface area (Å²) in [7, 11) is 0. The lowest BCUT2D eigenvalue weighted by atomic mass is 10.0. The number of nitrogens with one attached hydrogen (secondary N) is 1. The van der Waals surface area contributed by atoms with Gasteiger partial charge in [0.2, 0.25) is 0 Å². The molecular formula is C27H21N5O4S. The maximum Gasteiger partial charge on any atom is 0.335 e. The van der Waals surface area contributed by atoms with Crippen molar-refractivity contribution in [2.24, 2.45) is 10.2 Å². The Hall–Kier alpha value is -4.83. The summed E-state index contributed by atoms with van der Waals surface area (Å²) in [5.74, 6) is -1.64. The first-order valence-corrected chi connectivity index (χ1v) is 12.1. The molecule has 9 nitrogen and oxygen atoms in total. The molecule has 3 N–H and O–H groups in total. The second-order valence-corrected chi connectivity index (χ2v) is 9.23. The second-order valence-electron chi connectivity index (χ2n) is 8.33. The summed E-state index contributed by atoms with van der Waals surface area (Å²) in [5.41, 5.74) is 7.15. The molecule has 0 spiro atoms. The van der Waals surface area contributed by atoms with Crippen molar-refractivity contribution in [3.8, 4) is 16.9 Å². The van der Waals surface area contributed by atoms with Gasteiger partial charge in [0.15, 0.2) is 11.4 Å². The van der Waals surface area contributed by atoms with Crippen LogP contribution in [0.5, 0.6) is 5.75 Å². The van der Waals surface area contributed by atoms with Crippen molar-refractivity contribution in [1.82, 2.24) is 4.98 Å². The third kappa shape index (κ3) is 4.57. The number of benzene rings is 3. The number of amides is 1. The molecule has 3 aromatic carbocycles. The number of aromatic hydroxyl groups is 1. The predicted molar refractivity (Wildman–Crippen MR) is 144 cm³/mol. The first-order chi connectivity index (χ1) is 17.8. The fraction of sp³-hybridized carbons (Fsp3) is 0.0741. The van der Waals surface area contributed by atoms with E-state index in [1.165, 1.54) is 28.5 Å². The summed E-state index contributed by atoms with van der Waals surface area (Å²) < 4.78 is 0. The highest BCUT2D eigenvalue weighted by atomic mass is 32.1. The molecule has 0 fully saturated rings. The van der Waals surface area contributed by atoms with Crippen LogP contribution in [0, 0.1) is 13.8 Å². The molecule has 0 radical (unpaired) electrons. The molecule has 5 rings (SSSR count). The van der Waals surface area contributed by atoms with Crippen LogP contribution in [0.3, 0.4) is 0 Å². The van der Waals surface area contributed by atoms with E-state index in [2.05, 4.69) is 20.6 Å². The molecule has 1 amide bonds. The lowest BCUT2D eigenvalue weighted by Crippen LogP contribution is -2.28. The molecule has 1 aromatic heterocycles. The third-order valence-electron chi connectivity index (χ3n) is 5.93. The Kier molecular flexibility index (Phi) is 6.24. The number of aromatic carboxylic acids is 1. The van der Waals surface area contributed by atoms with Gasteiger partial charge in [-0.3, -0.25) is 10.2 Å². The number of carbonyl (C=O) groups excluding carboxylic acids is 1. The zero-order valence-corrected chi connectivity index (χ0v) is 20.7. The summed E-state index contributed by atoms with van der Waals surface area (Å²) in [6.45, 7) is 3.95. The van der Waals surface area contributed by atoms with Gasteiger partial charge in [-0.15, -0.1) is 11.3 Å². The van der Waals surface area contributed by atoms with Gasteiger partial charge in [-0.2, -0.15) is 15.2 Å². The molecular weight excluding hydrogens is 490 g/mol. The molecule has 37 heavy (non-hydrogen) atoms. The minimum Gasteiger partial charge on any atom is -0.505 e. The van der Waals surface area contributed by atoms with Crippen LogP contribution in [0.2, 0.25) is 0 Å². The zero-order chi connectivity index (χ0) is 26.1. The maximum atomic E-state index is 13.4. The van der Waals surface area contributed by atoms with Crippen molar-refractivity contribution in [2.75, 3.05) is 10.4 Å². The Balaban J connectivity index is 1.50. The fourth-order valence-corrected chi connectivity index (χ4v) is 4.44. The van der Waals surface area contributed by atoms with Gasteiger partial charge in [0, 0.05) is 17.1 Å². The van der Waals surface area contributed by atoms with E-state index in [1.807, 2.05) is 32.0 Å². The van der Waals surface area contributed by atoms with Gasteiger partial charge in [-0.25, -0.2) is 9.78 Å². The van der Waals surface area contributed by atoms with E-state index in [4.69, 9.17) is 0 Å². The van der Waals surface area contributed by atoms with E-state index in [0.29, 0.717) is 27.5 Å². The van der Waals surface area contributed by atoms with E-state index in [9.17, 15) is 19.8 Å². The number of rotatable bonds is 6. The number of carboxylic acid groups (broad SMARTS) is 1. The summed E-state index contributed by atoms with van der Waals surface area (Å²) in [6, 6.07) is 16.8. The van der Waals surface area contributed by atoms with Crippen LogP contribution in [0.4, 0.5) is 11.4 Å². The van der Waals surface area contributed by atoms with Gasteiger partial charge in [-0.1, -0.05) is 30.3 Å². The van der Waals surface area contributed by atoms with Crippen LogP contribution in [0.15, 0.2) is 82.4 Å². The number of para-hydroxylation sites is 1. The number of hydrogen-bond acceptors (Lipinski definition) is 8. The van der Waals surface area contributed by atoms with E-state index in [0.717, 1.165) is 11.1 Å². The van der Waals surface area contributed by atoms with Crippen molar-refractivity contribution in [2.45, 2.75) is 13.8 Å². The zero-order valence-electron chi connectivity index (χ0n) is 19.8. The molecule has 4 aromatic rings. The Morgan fingerprint density at radius 3 is 2.59 bits per heavy atom. The number of hydrazone groups is 2. The summed E-state index contributed by atoms with van der Waals surface area (Å²) in [5, 5.41) is 32.7. The summed E-state index contributed by atoms with van der Waals surface area (Å²) >= 11 is 1.33. The highest BCUT2D eigenvalue weighted by Gasteiger charge is 2.35. The number of aryl methyl sites for hydroxylation is 2. The van der Waals surface area contributed by atoms with E-state index >= 15 is 0 Å². The number of phenols is 1. The van der Waals surface area contributed by atoms with E-state index in [1.54, 1.807) is 41.9 Å². The molecule has 0 saturated heterocycles. The van der Waals surface area contributed by atoms with Gasteiger partial charge in [0.25, 0.3) is 0 Å². The molecule has 1 aliphatic heterocycles. The molecule has 10 heteroatoms. The largest absolute Gasteiger partial charge is 0.505 e. The van der Waals surface area contributed by atoms with Gasteiger partial charge in [-0.05, 0) is 60.9 Å². The minimum absolute atomic E-state index is 0.0471. The molecule has 2 heterocycles. The fourth-order valence-electron chi connectivity index (χ4n) is 3.81. The first-order valence-electron chi connectivity index (χ1n) is 11.2. The Morgan fingerprint density at radius 2 is 1.86 bits per heavy atom. The van der Waals surface area contributed by atoms with Gasteiger partial charge < -0.3 is 10.2 Å². The second kappa shape index (κ2) is 9.67. The SMILES string of the molecule is Cc1ccc(N2N=C(c3nccs3)/C(=N/Nc3cccc(-c4cccc(C(=O)O)c4)c3O)C2=O)cc1C. The van der Waals surface area contributed by atoms with Gasteiger partial charge in [0.05, 0.1) is 16.9 Å². The van der Waals surface area contributed by atoms with Gasteiger partial charge >= 0.3 is 11.9 Å². The normalized spacial score (nSPS) is 14.2. The molecule has 184 valence electrons. The number of nitrogens with zero attached hydrogens (tertiary/aromatic N) is 4. The lowest BCUT2D eigenvalue weighted by Gasteiger charge is -2.13. The number of hydrogen-bond donors (Lipinski definition) is 3. The monoisotopic (exact) mass is 511 g/mol. The highest BCUT2D eigenvalue weighted by molar-refractivity contribution is 7.13. The Morgan fingerprint density at radius 1 is 1.05 bits per heavy atom. The maximum absolute atomic E-state index is 13.4. The van der Waals surface area contributed by atoms with Crippen LogP contribution in [0.25, 0.3) is 11.1 Å².